The molecule has 0 N–H and O–H groups in total. The average Bonchev–Trinajstić information content (AvgIpc) is 3.03. The summed E-state index contributed by atoms with van der Waals surface area (Å²) in [4.78, 5) is 12.7. The van der Waals surface area contributed by atoms with Crippen LogP contribution in [0.5, 0.6) is 0 Å². The summed E-state index contributed by atoms with van der Waals surface area (Å²) < 4.78 is 3.55. The van der Waals surface area contributed by atoms with Gasteiger partial charge in [-0.15, -0.1) is 10.2 Å². The second-order valence-electron chi connectivity index (χ2n) is 5.74. The minimum Gasteiger partial charge on any atom is -0.267 e. The van der Waals surface area contributed by atoms with Crippen LogP contribution in [0.25, 0.3) is 16.4 Å². The summed E-state index contributed by atoms with van der Waals surface area (Å²) in [5, 5.41) is 9.73. The topological polar surface area (TPSA) is 52.2 Å². The van der Waals surface area contributed by atoms with Gasteiger partial charge in [-0.2, -0.15) is 0 Å². The Kier molecular flexibility index (Phi) is 4.51. The van der Waals surface area contributed by atoms with E-state index in [0.29, 0.717) is 11.9 Å². The maximum atomic E-state index is 12.7. The molecule has 0 bridgehead atoms. The van der Waals surface area contributed by atoms with Gasteiger partial charge in [0.1, 0.15) is 6.33 Å². The minimum atomic E-state index is 0.0384. The monoisotopic (exact) mass is 298 g/mol. The van der Waals surface area contributed by atoms with Crippen molar-refractivity contribution in [1.29, 1.82) is 0 Å². The molecule has 0 fully saturated rings. The lowest BCUT2D eigenvalue weighted by Crippen LogP contribution is -2.26. The summed E-state index contributed by atoms with van der Waals surface area (Å²) >= 11 is 0. The molecule has 5 heteroatoms. The molecule has 0 spiro atoms. The van der Waals surface area contributed by atoms with E-state index in [9.17, 15) is 4.79 Å². The van der Waals surface area contributed by atoms with Crippen LogP contribution in [0, 0.1) is 0 Å². The van der Waals surface area contributed by atoms with E-state index in [1.54, 1.807) is 15.5 Å². The molecule has 0 saturated heterocycles. The Balaban J connectivity index is 1.86. The van der Waals surface area contributed by atoms with Gasteiger partial charge in [-0.05, 0) is 12.5 Å². The molecule has 2 heterocycles. The zero-order chi connectivity index (χ0) is 15.4. The third-order valence-electron chi connectivity index (χ3n) is 4.15. The fourth-order valence-electron chi connectivity index (χ4n) is 2.94. The van der Waals surface area contributed by atoms with Gasteiger partial charge in [0, 0.05) is 11.9 Å². The molecular weight excluding hydrogens is 276 g/mol. The van der Waals surface area contributed by atoms with Crippen LogP contribution < -0.4 is 5.56 Å². The fraction of sp³-hybridized carbons (Fsp3) is 0.471. The molecule has 5 nitrogen and oxygen atoms in total. The van der Waals surface area contributed by atoms with E-state index in [0.717, 1.165) is 23.9 Å². The summed E-state index contributed by atoms with van der Waals surface area (Å²) in [6.07, 6.45) is 8.86. The molecule has 0 aliphatic rings. The molecule has 0 aliphatic carbocycles. The Morgan fingerprint density at radius 3 is 2.55 bits per heavy atom. The van der Waals surface area contributed by atoms with E-state index in [1.165, 1.54) is 25.7 Å². The molecule has 0 atom stereocenters. The predicted octanol–water partition coefficient (Wildman–Crippen LogP) is 3.40. The van der Waals surface area contributed by atoms with Gasteiger partial charge in [0.2, 0.25) is 0 Å². The van der Waals surface area contributed by atoms with E-state index in [2.05, 4.69) is 17.1 Å². The quantitative estimate of drug-likeness (QED) is 0.628. The van der Waals surface area contributed by atoms with Crippen LogP contribution in [0.4, 0.5) is 0 Å². The second-order valence-corrected chi connectivity index (χ2v) is 5.74. The maximum Gasteiger partial charge on any atom is 0.273 e. The normalized spacial score (nSPS) is 11.5. The SMILES string of the molecule is CCCCCCCCn1c(=O)c2ccccc2c2nncn21. The molecule has 0 aliphatic heterocycles. The number of hydrogen-bond donors (Lipinski definition) is 0. The van der Waals surface area contributed by atoms with Gasteiger partial charge in [-0.3, -0.25) is 4.79 Å². The van der Waals surface area contributed by atoms with Crippen molar-refractivity contribution in [3.63, 3.8) is 0 Å². The standard InChI is InChI=1S/C17H22N4O/c1-2-3-4-5-6-9-12-20-17(22)15-11-8-7-10-14(15)16-19-18-13-21(16)20/h7-8,10-11,13H,2-6,9,12H2,1H3. The lowest BCUT2D eigenvalue weighted by atomic mass is 10.1. The number of benzene rings is 1. The van der Waals surface area contributed by atoms with Crippen LogP contribution in [-0.4, -0.2) is 19.4 Å². The number of aryl methyl sites for hydroxylation is 1. The highest BCUT2D eigenvalue weighted by Crippen LogP contribution is 2.15. The van der Waals surface area contributed by atoms with Crippen molar-refractivity contribution in [2.24, 2.45) is 0 Å². The van der Waals surface area contributed by atoms with E-state index < -0.39 is 0 Å². The number of fused-ring (bicyclic) bond motifs is 3. The largest absolute Gasteiger partial charge is 0.273 e. The van der Waals surface area contributed by atoms with Crippen LogP contribution in [-0.2, 0) is 6.54 Å². The van der Waals surface area contributed by atoms with Crippen molar-refractivity contribution >= 4 is 16.4 Å². The Morgan fingerprint density at radius 2 is 1.73 bits per heavy atom. The summed E-state index contributed by atoms with van der Waals surface area (Å²) in [7, 11) is 0. The highest BCUT2D eigenvalue weighted by Gasteiger charge is 2.11. The summed E-state index contributed by atoms with van der Waals surface area (Å²) in [5.74, 6) is 0. The molecule has 3 rings (SSSR count). The van der Waals surface area contributed by atoms with Gasteiger partial charge in [-0.1, -0.05) is 57.2 Å². The van der Waals surface area contributed by atoms with Crippen molar-refractivity contribution in [1.82, 2.24) is 19.4 Å². The first-order valence-electron chi connectivity index (χ1n) is 8.14. The minimum absolute atomic E-state index is 0.0384. The van der Waals surface area contributed by atoms with Gasteiger partial charge < -0.3 is 0 Å². The van der Waals surface area contributed by atoms with Crippen LogP contribution in [0.15, 0.2) is 35.4 Å². The lowest BCUT2D eigenvalue weighted by molar-refractivity contribution is 0.494. The first-order chi connectivity index (χ1) is 10.8. The first kappa shape index (κ1) is 14.8. The molecule has 0 radical (unpaired) electrons. The summed E-state index contributed by atoms with van der Waals surface area (Å²) in [5.41, 5.74) is 0.789. The third-order valence-corrected chi connectivity index (χ3v) is 4.15. The van der Waals surface area contributed by atoms with Crippen LogP contribution in [0.1, 0.15) is 45.4 Å². The number of unbranched alkanes of at least 4 members (excludes halogenated alkanes) is 5. The molecule has 0 unspecified atom stereocenters. The van der Waals surface area contributed by atoms with Crippen LogP contribution in [0.2, 0.25) is 0 Å². The second kappa shape index (κ2) is 6.73. The van der Waals surface area contributed by atoms with Crippen molar-refractivity contribution in [2.75, 3.05) is 0 Å². The highest BCUT2D eigenvalue weighted by atomic mass is 16.1. The van der Waals surface area contributed by atoms with Gasteiger partial charge in [0.05, 0.1) is 5.39 Å². The Hall–Kier alpha value is -2.17. The van der Waals surface area contributed by atoms with Gasteiger partial charge >= 0.3 is 0 Å². The number of aromatic nitrogens is 4. The van der Waals surface area contributed by atoms with Crippen molar-refractivity contribution in [3.8, 4) is 0 Å². The van der Waals surface area contributed by atoms with Crippen molar-refractivity contribution in [2.45, 2.75) is 52.0 Å². The zero-order valence-electron chi connectivity index (χ0n) is 13.0. The Morgan fingerprint density at radius 1 is 1.00 bits per heavy atom. The summed E-state index contributed by atoms with van der Waals surface area (Å²) in [6.45, 7) is 2.93. The molecule has 116 valence electrons. The molecule has 0 saturated carbocycles. The first-order valence-corrected chi connectivity index (χ1v) is 8.14. The van der Waals surface area contributed by atoms with Gasteiger partial charge in [0.25, 0.3) is 5.56 Å². The molecule has 2 aromatic heterocycles. The van der Waals surface area contributed by atoms with Crippen molar-refractivity contribution < 1.29 is 0 Å². The number of hydrogen-bond acceptors (Lipinski definition) is 3. The Labute approximate surface area is 129 Å². The van der Waals surface area contributed by atoms with Crippen LogP contribution >= 0.6 is 0 Å². The lowest BCUT2D eigenvalue weighted by Gasteiger charge is -2.10. The third kappa shape index (κ3) is 2.75. The molecular formula is C17H22N4O. The predicted molar refractivity (Wildman–Crippen MR) is 88.1 cm³/mol. The molecule has 1 aromatic carbocycles. The summed E-state index contributed by atoms with van der Waals surface area (Å²) in [6, 6.07) is 7.61. The fourth-order valence-corrected chi connectivity index (χ4v) is 2.94. The maximum absolute atomic E-state index is 12.7. The highest BCUT2D eigenvalue weighted by molar-refractivity contribution is 5.92. The van der Waals surface area contributed by atoms with Gasteiger partial charge in [-0.25, -0.2) is 9.20 Å². The van der Waals surface area contributed by atoms with Crippen molar-refractivity contribution in [3.05, 3.63) is 40.9 Å². The smallest absolute Gasteiger partial charge is 0.267 e. The van der Waals surface area contributed by atoms with E-state index in [4.69, 9.17) is 0 Å². The van der Waals surface area contributed by atoms with E-state index in [1.807, 2.05) is 24.3 Å². The molecule has 22 heavy (non-hydrogen) atoms. The molecule has 0 amide bonds. The van der Waals surface area contributed by atoms with E-state index >= 15 is 0 Å². The van der Waals surface area contributed by atoms with Gasteiger partial charge in [0.15, 0.2) is 5.65 Å². The molecule has 3 aromatic rings. The average molecular weight is 298 g/mol. The number of nitrogens with zero attached hydrogens (tertiary/aromatic N) is 4. The van der Waals surface area contributed by atoms with E-state index in [-0.39, 0.29) is 5.56 Å². The zero-order valence-corrected chi connectivity index (χ0v) is 13.0. The van der Waals surface area contributed by atoms with Crippen LogP contribution in [0.3, 0.4) is 0 Å². The number of rotatable bonds is 7. The Bertz CT molecular complexity index is 818.